The maximum atomic E-state index is 12.0. The van der Waals surface area contributed by atoms with Gasteiger partial charge in [-0.15, -0.1) is 0 Å². The molecular weight excluding hydrogens is 411 g/mol. The van der Waals surface area contributed by atoms with Crippen LogP contribution in [0.15, 0.2) is 12.1 Å². The summed E-state index contributed by atoms with van der Waals surface area (Å²) in [7, 11) is 1.28. The number of aliphatic hydroxyl groups excluding tert-OH is 1. The number of fused-ring (bicyclic) bond motifs is 1. The molecular formula is C15H18BNNa2O8S. The fourth-order valence-electron chi connectivity index (χ4n) is 3.00. The first-order chi connectivity index (χ1) is 12.2. The number of carboxylic acids is 1. The van der Waals surface area contributed by atoms with Crippen molar-refractivity contribution in [3.63, 3.8) is 0 Å². The quantitative estimate of drug-likeness (QED) is 0.390. The van der Waals surface area contributed by atoms with Crippen LogP contribution in [0.5, 0.6) is 11.5 Å². The molecule has 0 radical (unpaired) electrons. The van der Waals surface area contributed by atoms with Gasteiger partial charge in [-0.3, -0.25) is 4.79 Å². The SMILES string of the molecule is COc1ccc2c(c1C(=O)[O-])O[B-](O)(O)[C@@H](SCC(=O)N1CC(O)C1)C2.[Na+].[Na+]. The minimum absolute atomic E-state index is 0. The fourth-order valence-corrected chi connectivity index (χ4v) is 4.14. The Morgan fingerprint density at radius 3 is 2.54 bits per heavy atom. The molecule has 1 saturated heterocycles. The summed E-state index contributed by atoms with van der Waals surface area (Å²) in [6.45, 7) is -2.86. The molecule has 1 fully saturated rings. The number of benzene rings is 1. The predicted molar refractivity (Wildman–Crippen MR) is 90.7 cm³/mol. The van der Waals surface area contributed by atoms with E-state index in [0.717, 1.165) is 11.8 Å². The summed E-state index contributed by atoms with van der Waals surface area (Å²) in [4.78, 5) is 24.9. The van der Waals surface area contributed by atoms with Gasteiger partial charge in [0.2, 0.25) is 5.91 Å². The molecule has 1 amide bonds. The molecule has 0 unspecified atom stereocenters. The number of thioether (sulfide) groups is 1. The van der Waals surface area contributed by atoms with Gasteiger partial charge in [0.1, 0.15) is 5.75 Å². The molecule has 3 rings (SSSR count). The number of aliphatic hydroxyl groups is 1. The molecule has 0 bridgehead atoms. The molecule has 1 atom stereocenters. The van der Waals surface area contributed by atoms with Crippen molar-refractivity contribution in [2.24, 2.45) is 0 Å². The van der Waals surface area contributed by atoms with Gasteiger partial charge in [0.25, 0.3) is 0 Å². The molecule has 13 heteroatoms. The number of hydrogen-bond donors (Lipinski definition) is 3. The zero-order valence-corrected chi connectivity index (χ0v) is 20.8. The Balaban J connectivity index is 0.00000196. The molecule has 2 heterocycles. The summed E-state index contributed by atoms with van der Waals surface area (Å²) in [5.74, 6) is -1.98. The van der Waals surface area contributed by atoms with Gasteiger partial charge >= 0.3 is 65.9 Å². The molecule has 28 heavy (non-hydrogen) atoms. The number of amides is 1. The Hall–Kier alpha value is 0.0549. The normalized spacial score (nSPS) is 19.9. The second-order valence-corrected chi connectivity index (χ2v) is 7.53. The second-order valence-electron chi connectivity index (χ2n) is 6.30. The van der Waals surface area contributed by atoms with E-state index in [0.29, 0.717) is 5.56 Å². The summed E-state index contributed by atoms with van der Waals surface area (Å²) < 4.78 is 10.2. The topological polar surface area (TPSA) is 140 Å². The molecule has 3 N–H and O–H groups in total. The summed E-state index contributed by atoms with van der Waals surface area (Å²) in [6, 6.07) is 3.02. The maximum absolute atomic E-state index is 12.0. The van der Waals surface area contributed by atoms with Gasteiger partial charge in [0, 0.05) is 13.1 Å². The number of methoxy groups -OCH3 is 1. The fraction of sp³-hybridized carbons (Fsp3) is 0.467. The number of aromatic carboxylic acids is 1. The van der Waals surface area contributed by atoms with Crippen LogP contribution in [0.25, 0.3) is 0 Å². The number of ether oxygens (including phenoxy) is 1. The number of likely N-dealkylation sites (tertiary alicyclic amines) is 1. The average molecular weight is 429 g/mol. The van der Waals surface area contributed by atoms with Gasteiger partial charge in [-0.25, -0.2) is 0 Å². The summed E-state index contributed by atoms with van der Waals surface area (Å²) in [5.41, 5.74) is 0.0726. The first kappa shape index (κ1) is 26.1. The summed E-state index contributed by atoms with van der Waals surface area (Å²) in [5, 5.41) is 40.3. The van der Waals surface area contributed by atoms with E-state index < -0.39 is 24.0 Å². The Morgan fingerprint density at radius 1 is 1.36 bits per heavy atom. The van der Waals surface area contributed by atoms with Crippen LogP contribution < -0.4 is 73.6 Å². The molecule has 142 valence electrons. The summed E-state index contributed by atoms with van der Waals surface area (Å²) in [6.07, 6.45) is -0.404. The molecule has 1 aromatic rings. The molecule has 2 aliphatic rings. The summed E-state index contributed by atoms with van der Waals surface area (Å²) >= 11 is 1.01. The number of hydrogen-bond acceptors (Lipinski definition) is 9. The maximum Gasteiger partial charge on any atom is 1.00 e. The van der Waals surface area contributed by atoms with Crippen LogP contribution in [0, 0.1) is 0 Å². The number of carbonyl (C=O) groups is 2. The van der Waals surface area contributed by atoms with E-state index in [-0.39, 0.29) is 107 Å². The number of rotatable bonds is 5. The monoisotopic (exact) mass is 429 g/mol. The van der Waals surface area contributed by atoms with Crippen LogP contribution in [0.1, 0.15) is 15.9 Å². The Labute approximate surface area is 210 Å². The first-order valence-electron chi connectivity index (χ1n) is 8.00. The van der Waals surface area contributed by atoms with E-state index in [9.17, 15) is 29.9 Å². The third kappa shape index (κ3) is 5.40. The zero-order valence-electron chi connectivity index (χ0n) is 16.0. The van der Waals surface area contributed by atoms with Gasteiger partial charge < -0.3 is 39.3 Å². The van der Waals surface area contributed by atoms with Crippen LogP contribution in [-0.2, 0) is 11.2 Å². The van der Waals surface area contributed by atoms with Crippen molar-refractivity contribution >= 4 is 30.4 Å². The van der Waals surface area contributed by atoms with Crippen LogP contribution in [0.4, 0.5) is 0 Å². The van der Waals surface area contributed by atoms with E-state index in [4.69, 9.17) is 9.39 Å². The molecule has 9 nitrogen and oxygen atoms in total. The molecule has 2 aliphatic heterocycles. The number of nitrogens with zero attached hydrogens (tertiary/aromatic N) is 1. The molecule has 0 spiro atoms. The van der Waals surface area contributed by atoms with Gasteiger partial charge in [0.15, 0.2) is 0 Å². The largest absolute Gasteiger partial charge is 1.00 e. The van der Waals surface area contributed by atoms with Gasteiger partial charge in [0.05, 0.1) is 36.2 Å². The van der Waals surface area contributed by atoms with Crippen molar-refractivity contribution in [2.45, 2.75) is 17.7 Å². The van der Waals surface area contributed by atoms with Crippen molar-refractivity contribution < 1.29 is 98.4 Å². The molecule has 1 aromatic carbocycles. The van der Waals surface area contributed by atoms with Crippen molar-refractivity contribution in [2.75, 3.05) is 26.0 Å². The first-order valence-corrected chi connectivity index (χ1v) is 9.04. The standard InChI is InChI=1S/C15H19BNO8S.2Na/c1-24-10-3-2-8-4-11(26-7-12(19)17-5-9(18)6-17)16(22,23)25-14(8)13(10)15(20)21;;/h2-3,9,11,18,22-23H,4-7H2,1H3,(H,20,21);;/q-1;2*+1/p-1/t11-;;/m0../s1. The van der Waals surface area contributed by atoms with E-state index in [1.807, 2.05) is 0 Å². The van der Waals surface area contributed by atoms with E-state index in [1.54, 1.807) is 6.07 Å². The van der Waals surface area contributed by atoms with Gasteiger partial charge in [-0.05, 0) is 23.2 Å². The van der Waals surface area contributed by atoms with E-state index >= 15 is 0 Å². The van der Waals surface area contributed by atoms with Crippen molar-refractivity contribution in [3.05, 3.63) is 23.3 Å². The predicted octanol–water partition coefficient (Wildman–Crippen LogP) is -8.23. The van der Waals surface area contributed by atoms with Crippen LogP contribution >= 0.6 is 11.8 Å². The van der Waals surface area contributed by atoms with Gasteiger partial charge in [-0.2, -0.15) is 11.8 Å². The van der Waals surface area contributed by atoms with Crippen LogP contribution in [0.2, 0.25) is 0 Å². The van der Waals surface area contributed by atoms with Crippen molar-refractivity contribution in [1.29, 1.82) is 0 Å². The van der Waals surface area contributed by atoms with Crippen LogP contribution in [0.3, 0.4) is 0 Å². The Morgan fingerprint density at radius 2 is 2.00 bits per heavy atom. The molecule has 0 aromatic heterocycles. The number of carboxylic acid groups (broad SMARTS) is 1. The minimum atomic E-state index is -3.40. The molecule has 0 saturated carbocycles. The Bertz CT molecular complexity index is 747. The number of carbonyl (C=O) groups excluding carboxylic acids is 2. The van der Waals surface area contributed by atoms with Crippen molar-refractivity contribution in [3.8, 4) is 11.5 Å². The average Bonchev–Trinajstić information content (AvgIpc) is 2.54. The third-order valence-electron chi connectivity index (χ3n) is 4.46. The number of β-amino-alcohol motifs (C(OH)–C–C–N with tert-alkyl or cyclic N) is 1. The van der Waals surface area contributed by atoms with E-state index in [2.05, 4.69) is 0 Å². The zero-order chi connectivity index (χ0) is 19.1. The van der Waals surface area contributed by atoms with Gasteiger partial charge in [-0.1, -0.05) is 6.07 Å². The third-order valence-corrected chi connectivity index (χ3v) is 5.82. The smallest absolute Gasteiger partial charge is 0.669 e. The van der Waals surface area contributed by atoms with Crippen LogP contribution in [-0.4, -0.2) is 75.9 Å². The molecule has 0 aliphatic carbocycles. The Kier molecular flexibility index (Phi) is 9.68. The second kappa shape index (κ2) is 10.4. The minimum Gasteiger partial charge on any atom is -0.669 e. The van der Waals surface area contributed by atoms with Crippen molar-refractivity contribution in [1.82, 2.24) is 4.90 Å². The van der Waals surface area contributed by atoms with E-state index in [1.165, 1.54) is 18.1 Å².